The van der Waals surface area contributed by atoms with E-state index >= 15 is 0 Å². The molecule has 6 heteroatoms. The van der Waals surface area contributed by atoms with E-state index in [2.05, 4.69) is 12.2 Å². The number of aromatic hydroxyl groups is 2. The van der Waals surface area contributed by atoms with E-state index in [1.54, 1.807) is 6.07 Å². The van der Waals surface area contributed by atoms with Crippen LogP contribution in [0.1, 0.15) is 86.7 Å². The molecule has 0 saturated carbocycles. The van der Waals surface area contributed by atoms with E-state index in [9.17, 15) is 15.0 Å². The molecular formula is C31H36O6. The van der Waals surface area contributed by atoms with Crippen LogP contribution < -0.4 is 14.2 Å². The van der Waals surface area contributed by atoms with E-state index < -0.39 is 11.7 Å². The van der Waals surface area contributed by atoms with E-state index in [4.69, 9.17) is 14.2 Å². The van der Waals surface area contributed by atoms with Gasteiger partial charge < -0.3 is 24.4 Å². The number of ketones is 1. The van der Waals surface area contributed by atoms with Crippen LogP contribution in [0, 0.1) is 0 Å². The number of hydrogen-bond donors (Lipinski definition) is 2. The first-order chi connectivity index (χ1) is 17.4. The number of methoxy groups -OCH3 is 1. The monoisotopic (exact) mass is 504 g/mol. The number of fused-ring (bicyclic) bond motifs is 2. The van der Waals surface area contributed by atoms with Crippen LogP contribution in [0.3, 0.4) is 0 Å². The summed E-state index contributed by atoms with van der Waals surface area (Å²) in [5.74, 6) is 0.917. The number of allylic oxidation sites excluding steroid dienone is 4. The molecule has 0 bridgehead atoms. The van der Waals surface area contributed by atoms with Gasteiger partial charge in [-0.2, -0.15) is 0 Å². The second-order valence-electron chi connectivity index (χ2n) is 10.8. The summed E-state index contributed by atoms with van der Waals surface area (Å²) in [4.78, 5) is 13.5. The normalized spacial score (nSPS) is 17.2. The highest BCUT2D eigenvalue weighted by atomic mass is 16.5. The number of Topliss-reactive ketones (excluding diaryl/α,β-unsaturated/α-hetero) is 1. The van der Waals surface area contributed by atoms with E-state index in [1.807, 2.05) is 59.8 Å². The maximum atomic E-state index is 13.5. The first-order valence-corrected chi connectivity index (χ1v) is 12.6. The lowest BCUT2D eigenvalue weighted by molar-refractivity contribution is 0.0839. The lowest BCUT2D eigenvalue weighted by Gasteiger charge is -2.34. The van der Waals surface area contributed by atoms with Crippen LogP contribution in [-0.2, 0) is 12.8 Å². The minimum Gasteiger partial charge on any atom is -0.506 e. The highest BCUT2D eigenvalue weighted by Crippen LogP contribution is 2.51. The summed E-state index contributed by atoms with van der Waals surface area (Å²) in [6, 6.07) is 3.50. The van der Waals surface area contributed by atoms with Crippen LogP contribution in [0.4, 0.5) is 0 Å². The minimum absolute atomic E-state index is 0.00715. The zero-order valence-electron chi connectivity index (χ0n) is 22.7. The molecule has 0 radical (unpaired) electrons. The summed E-state index contributed by atoms with van der Waals surface area (Å²) in [6.45, 7) is 11.9. The van der Waals surface area contributed by atoms with E-state index in [-0.39, 0.29) is 29.3 Å². The van der Waals surface area contributed by atoms with Crippen LogP contribution >= 0.6 is 0 Å². The van der Waals surface area contributed by atoms with Crippen LogP contribution in [0.2, 0.25) is 0 Å². The Kier molecular flexibility index (Phi) is 7.13. The second kappa shape index (κ2) is 10.0. The molecule has 0 amide bonds. The Hall–Kier alpha value is -3.67. The fraction of sp³-hybridized carbons (Fsp3) is 0.387. The summed E-state index contributed by atoms with van der Waals surface area (Å²) >= 11 is 0. The average Bonchev–Trinajstić information content (AvgIpc) is 2.81. The second-order valence-corrected chi connectivity index (χ2v) is 10.8. The van der Waals surface area contributed by atoms with Gasteiger partial charge >= 0.3 is 0 Å². The molecule has 2 N–H and O–H groups in total. The first kappa shape index (κ1) is 26.4. The zero-order valence-corrected chi connectivity index (χ0v) is 22.7. The molecule has 2 heterocycles. The van der Waals surface area contributed by atoms with Gasteiger partial charge in [-0.15, -0.1) is 0 Å². The number of carbonyl (C=O) groups excluding carboxylic acids is 1. The third kappa shape index (κ3) is 5.24. The number of phenolic OH excluding ortho intramolecular Hbond substituents is 2. The molecule has 0 aromatic heterocycles. The summed E-state index contributed by atoms with van der Waals surface area (Å²) in [5, 5.41) is 21.9. The van der Waals surface area contributed by atoms with Crippen LogP contribution in [0.5, 0.6) is 28.7 Å². The fourth-order valence-corrected chi connectivity index (χ4v) is 4.72. The molecular weight excluding hydrogens is 468 g/mol. The van der Waals surface area contributed by atoms with Gasteiger partial charge in [0.2, 0.25) is 0 Å². The Morgan fingerprint density at radius 2 is 1.76 bits per heavy atom. The SMILES string of the molecule is COc1c(O)cc(C2CC(=O)c3c(O)c4c(c(CC=C(C)C)c3O2)OC(C)(C)C=C4)cc1CC=C(C)C. The molecule has 1 unspecified atom stereocenters. The number of phenols is 2. The molecule has 6 nitrogen and oxygen atoms in total. The molecule has 0 saturated heterocycles. The maximum Gasteiger partial charge on any atom is 0.174 e. The van der Waals surface area contributed by atoms with Crippen LogP contribution in [0.15, 0.2) is 41.5 Å². The molecule has 2 aromatic carbocycles. The van der Waals surface area contributed by atoms with Crippen molar-refractivity contribution in [2.75, 3.05) is 7.11 Å². The first-order valence-electron chi connectivity index (χ1n) is 12.6. The fourth-order valence-electron chi connectivity index (χ4n) is 4.72. The topological polar surface area (TPSA) is 85.2 Å². The highest BCUT2D eigenvalue weighted by Gasteiger charge is 2.38. The van der Waals surface area contributed by atoms with E-state index in [0.29, 0.717) is 41.2 Å². The van der Waals surface area contributed by atoms with Crippen molar-refractivity contribution in [1.82, 2.24) is 0 Å². The third-order valence-electron chi connectivity index (χ3n) is 6.63. The smallest absolute Gasteiger partial charge is 0.174 e. The van der Waals surface area contributed by atoms with Crippen molar-refractivity contribution < 1.29 is 29.2 Å². The number of benzene rings is 2. The quantitative estimate of drug-likeness (QED) is 0.412. The number of rotatable bonds is 6. The molecule has 2 aliphatic heterocycles. The zero-order chi connectivity index (χ0) is 27.1. The Labute approximate surface area is 218 Å². The van der Waals surface area contributed by atoms with Crippen LogP contribution in [0.25, 0.3) is 6.08 Å². The molecule has 37 heavy (non-hydrogen) atoms. The minimum atomic E-state index is -0.641. The van der Waals surface area contributed by atoms with Gasteiger partial charge in [0.05, 0.1) is 19.1 Å². The Bertz CT molecular complexity index is 1330. The van der Waals surface area contributed by atoms with Crippen molar-refractivity contribution in [2.45, 2.75) is 72.5 Å². The Morgan fingerprint density at radius 1 is 1.08 bits per heavy atom. The Morgan fingerprint density at radius 3 is 2.41 bits per heavy atom. The third-order valence-corrected chi connectivity index (χ3v) is 6.63. The van der Waals surface area contributed by atoms with Crippen molar-refractivity contribution in [3.8, 4) is 28.7 Å². The molecule has 2 aromatic rings. The van der Waals surface area contributed by atoms with Gasteiger partial charge in [0.1, 0.15) is 34.5 Å². The predicted molar refractivity (Wildman–Crippen MR) is 145 cm³/mol. The predicted octanol–water partition coefficient (Wildman–Crippen LogP) is 7.01. The average molecular weight is 505 g/mol. The van der Waals surface area contributed by atoms with Gasteiger partial charge in [-0.3, -0.25) is 4.79 Å². The molecule has 1 atom stereocenters. The van der Waals surface area contributed by atoms with Gasteiger partial charge in [-0.05, 0) is 84.2 Å². The van der Waals surface area contributed by atoms with E-state index in [1.165, 1.54) is 7.11 Å². The van der Waals surface area contributed by atoms with Crippen molar-refractivity contribution in [2.24, 2.45) is 0 Å². The number of ether oxygens (including phenoxy) is 3. The molecule has 0 spiro atoms. The lowest BCUT2D eigenvalue weighted by atomic mass is 9.88. The summed E-state index contributed by atoms with van der Waals surface area (Å²) in [6.07, 6.45) is 8.24. The molecule has 4 rings (SSSR count). The number of hydrogen-bond acceptors (Lipinski definition) is 6. The van der Waals surface area contributed by atoms with Crippen molar-refractivity contribution in [3.63, 3.8) is 0 Å². The van der Waals surface area contributed by atoms with Crippen molar-refractivity contribution in [3.05, 3.63) is 69.3 Å². The maximum absolute atomic E-state index is 13.5. The Balaban J connectivity index is 1.86. The molecule has 196 valence electrons. The molecule has 0 fully saturated rings. The lowest BCUT2D eigenvalue weighted by Crippen LogP contribution is -2.29. The van der Waals surface area contributed by atoms with E-state index in [0.717, 1.165) is 22.3 Å². The van der Waals surface area contributed by atoms with Crippen LogP contribution in [-0.4, -0.2) is 28.7 Å². The largest absolute Gasteiger partial charge is 0.506 e. The summed E-state index contributed by atoms with van der Waals surface area (Å²) in [7, 11) is 1.52. The molecule has 2 aliphatic rings. The van der Waals surface area contributed by atoms with Crippen molar-refractivity contribution >= 4 is 11.9 Å². The van der Waals surface area contributed by atoms with Gasteiger partial charge in [0, 0.05) is 11.1 Å². The van der Waals surface area contributed by atoms with Gasteiger partial charge in [-0.25, -0.2) is 0 Å². The van der Waals surface area contributed by atoms with Gasteiger partial charge in [0.25, 0.3) is 0 Å². The molecule has 0 aliphatic carbocycles. The standard InChI is InChI=1S/C31H36O6/c1-17(2)8-10-19-14-20(15-24(33)28(19)35-7)25-16-23(32)26-27(34)21-12-13-31(5,6)37-29(21)22(30(26)36-25)11-9-18(3)4/h8-9,12-15,25,33-34H,10-11,16H2,1-7H3. The summed E-state index contributed by atoms with van der Waals surface area (Å²) in [5.41, 5.74) is 4.55. The van der Waals surface area contributed by atoms with Gasteiger partial charge in [0.15, 0.2) is 17.3 Å². The highest BCUT2D eigenvalue weighted by molar-refractivity contribution is 6.05. The van der Waals surface area contributed by atoms with Gasteiger partial charge in [-0.1, -0.05) is 23.3 Å². The summed E-state index contributed by atoms with van der Waals surface area (Å²) < 4.78 is 18.2. The number of carbonyl (C=O) groups is 1. The van der Waals surface area contributed by atoms with Crippen molar-refractivity contribution in [1.29, 1.82) is 0 Å².